The number of hydrogen-bond donors (Lipinski definition) is 1. The molecule has 1 heterocycles. The molecule has 0 unspecified atom stereocenters. The number of benzene rings is 2. The summed E-state index contributed by atoms with van der Waals surface area (Å²) in [5, 5.41) is 9.22. The zero-order chi connectivity index (χ0) is 16.9. The van der Waals surface area contributed by atoms with Gasteiger partial charge in [0.1, 0.15) is 5.75 Å². The number of amides is 1. The number of carbonyl (C=O) groups excluding carboxylic acids is 2. The quantitative estimate of drug-likeness (QED) is 0.877. The van der Waals surface area contributed by atoms with Gasteiger partial charge in [0.15, 0.2) is 6.61 Å². The van der Waals surface area contributed by atoms with E-state index in [2.05, 4.69) is 0 Å². The number of phenolic OH excluding ortho intramolecular Hbond substituents is 1. The number of aromatic hydroxyl groups is 1. The summed E-state index contributed by atoms with van der Waals surface area (Å²) in [6, 6.07) is 14.1. The molecule has 1 N–H and O–H groups in total. The summed E-state index contributed by atoms with van der Waals surface area (Å²) < 4.78 is 5.11. The van der Waals surface area contributed by atoms with Crippen LogP contribution in [0.5, 0.6) is 5.75 Å². The van der Waals surface area contributed by atoms with Crippen LogP contribution in [-0.4, -0.2) is 30.1 Å². The Hall–Kier alpha value is -2.82. The summed E-state index contributed by atoms with van der Waals surface area (Å²) in [6.07, 6.45) is 1.94. The minimum Gasteiger partial charge on any atom is -0.508 e. The van der Waals surface area contributed by atoms with Crippen molar-refractivity contribution in [1.29, 1.82) is 0 Å². The van der Waals surface area contributed by atoms with Crippen LogP contribution in [0.3, 0.4) is 0 Å². The summed E-state index contributed by atoms with van der Waals surface area (Å²) in [5.74, 6) is -0.522. The van der Waals surface area contributed by atoms with E-state index >= 15 is 0 Å². The Morgan fingerprint density at radius 1 is 1.08 bits per heavy atom. The van der Waals surface area contributed by atoms with Crippen molar-refractivity contribution in [2.75, 3.05) is 18.1 Å². The highest BCUT2D eigenvalue weighted by Crippen LogP contribution is 2.26. The van der Waals surface area contributed by atoms with Crippen molar-refractivity contribution in [3.05, 3.63) is 59.7 Å². The van der Waals surface area contributed by atoms with Gasteiger partial charge in [0.2, 0.25) is 0 Å². The molecule has 124 valence electrons. The van der Waals surface area contributed by atoms with Crippen LogP contribution >= 0.6 is 0 Å². The first kappa shape index (κ1) is 16.1. The Morgan fingerprint density at radius 3 is 2.62 bits per heavy atom. The van der Waals surface area contributed by atoms with Gasteiger partial charge in [-0.05, 0) is 42.2 Å². The number of aryl methyl sites for hydroxylation is 1. The van der Waals surface area contributed by atoms with Gasteiger partial charge in [-0.25, -0.2) is 0 Å². The molecule has 5 heteroatoms. The van der Waals surface area contributed by atoms with E-state index < -0.39 is 5.97 Å². The largest absolute Gasteiger partial charge is 0.508 e. The van der Waals surface area contributed by atoms with Crippen LogP contribution < -0.4 is 4.90 Å². The second kappa shape index (κ2) is 7.17. The molecule has 0 saturated carbocycles. The van der Waals surface area contributed by atoms with Gasteiger partial charge < -0.3 is 14.7 Å². The van der Waals surface area contributed by atoms with Gasteiger partial charge in [-0.3, -0.25) is 9.59 Å². The molecule has 0 radical (unpaired) electrons. The highest BCUT2D eigenvalue weighted by atomic mass is 16.5. The Balaban J connectivity index is 1.56. The van der Waals surface area contributed by atoms with Crippen molar-refractivity contribution < 1.29 is 19.4 Å². The summed E-state index contributed by atoms with van der Waals surface area (Å²) in [6.45, 7) is 0.386. The molecule has 2 aromatic carbocycles. The maximum absolute atomic E-state index is 12.4. The highest BCUT2D eigenvalue weighted by molar-refractivity contribution is 5.96. The fourth-order valence-electron chi connectivity index (χ4n) is 2.84. The van der Waals surface area contributed by atoms with E-state index in [0.29, 0.717) is 6.54 Å². The van der Waals surface area contributed by atoms with Gasteiger partial charge in [0, 0.05) is 12.2 Å². The van der Waals surface area contributed by atoms with Crippen molar-refractivity contribution in [3.63, 3.8) is 0 Å². The van der Waals surface area contributed by atoms with Crippen LogP contribution in [0.4, 0.5) is 5.69 Å². The van der Waals surface area contributed by atoms with Crippen molar-refractivity contribution in [2.24, 2.45) is 0 Å². The van der Waals surface area contributed by atoms with Crippen molar-refractivity contribution in [2.45, 2.75) is 19.3 Å². The number of ether oxygens (including phenoxy) is 1. The highest BCUT2D eigenvalue weighted by Gasteiger charge is 2.22. The lowest BCUT2D eigenvalue weighted by Gasteiger charge is -2.29. The van der Waals surface area contributed by atoms with Crippen molar-refractivity contribution in [3.8, 4) is 5.75 Å². The van der Waals surface area contributed by atoms with E-state index in [4.69, 9.17) is 4.74 Å². The zero-order valence-corrected chi connectivity index (χ0v) is 13.3. The molecule has 5 nitrogen and oxygen atoms in total. The van der Waals surface area contributed by atoms with Gasteiger partial charge in [-0.1, -0.05) is 30.3 Å². The molecule has 0 atom stereocenters. The molecule has 0 fully saturated rings. The Labute approximate surface area is 140 Å². The summed E-state index contributed by atoms with van der Waals surface area (Å²) in [7, 11) is 0. The van der Waals surface area contributed by atoms with Crippen molar-refractivity contribution in [1.82, 2.24) is 0 Å². The van der Waals surface area contributed by atoms with E-state index in [1.165, 1.54) is 12.1 Å². The molecular formula is C19H19NO4. The first-order valence-corrected chi connectivity index (χ1v) is 7.95. The Kier molecular flexibility index (Phi) is 4.79. The van der Waals surface area contributed by atoms with Gasteiger partial charge in [0.25, 0.3) is 5.91 Å². The number of fused-ring (bicyclic) bond motifs is 1. The molecule has 0 saturated heterocycles. The van der Waals surface area contributed by atoms with Gasteiger partial charge in [0.05, 0.1) is 6.42 Å². The molecule has 0 aliphatic carbocycles. The standard InChI is InChI=1S/C19H19NO4/c21-16-9-7-14(8-10-16)12-19(23)24-13-18(22)20-11-3-5-15-4-1-2-6-17(15)20/h1-2,4,6-10,21H,3,5,11-13H2. The lowest BCUT2D eigenvalue weighted by Crippen LogP contribution is -2.38. The molecule has 3 rings (SSSR count). The summed E-state index contributed by atoms with van der Waals surface area (Å²) in [4.78, 5) is 25.9. The number of anilines is 1. The lowest BCUT2D eigenvalue weighted by atomic mass is 10.0. The second-order valence-corrected chi connectivity index (χ2v) is 5.78. The SMILES string of the molecule is O=C(Cc1ccc(O)cc1)OCC(=O)N1CCCc2ccccc21. The number of hydrogen-bond acceptors (Lipinski definition) is 4. The lowest BCUT2D eigenvalue weighted by molar-refractivity contribution is -0.147. The van der Waals surface area contributed by atoms with Crippen LogP contribution in [0.25, 0.3) is 0 Å². The predicted molar refractivity (Wildman–Crippen MR) is 89.9 cm³/mol. The molecule has 0 bridgehead atoms. The van der Waals surface area contributed by atoms with Crippen LogP contribution in [0.2, 0.25) is 0 Å². The predicted octanol–water partition coefficient (Wildman–Crippen LogP) is 2.46. The number of para-hydroxylation sites is 1. The molecule has 0 aromatic heterocycles. The fourth-order valence-corrected chi connectivity index (χ4v) is 2.84. The molecule has 24 heavy (non-hydrogen) atoms. The van der Waals surface area contributed by atoms with Crippen LogP contribution in [-0.2, 0) is 27.2 Å². The Bertz CT molecular complexity index is 739. The summed E-state index contributed by atoms with van der Waals surface area (Å²) >= 11 is 0. The van der Waals surface area contributed by atoms with Crippen LogP contribution in [0.1, 0.15) is 17.5 Å². The fraction of sp³-hybridized carbons (Fsp3) is 0.263. The molecule has 0 spiro atoms. The van der Waals surface area contributed by atoms with Crippen LogP contribution in [0, 0.1) is 0 Å². The third kappa shape index (κ3) is 3.74. The van der Waals surface area contributed by atoms with E-state index in [-0.39, 0.29) is 24.7 Å². The number of carbonyl (C=O) groups is 2. The number of esters is 1. The average molecular weight is 325 g/mol. The normalized spacial score (nSPS) is 13.2. The van der Waals surface area contributed by atoms with Gasteiger partial charge in [-0.15, -0.1) is 0 Å². The van der Waals surface area contributed by atoms with E-state index in [1.807, 2.05) is 24.3 Å². The maximum atomic E-state index is 12.4. The molecule has 1 aliphatic heterocycles. The van der Waals surface area contributed by atoms with Gasteiger partial charge >= 0.3 is 5.97 Å². The third-order valence-corrected chi connectivity index (χ3v) is 4.05. The minimum atomic E-state index is -0.459. The smallest absolute Gasteiger partial charge is 0.310 e. The number of rotatable bonds is 4. The zero-order valence-electron chi connectivity index (χ0n) is 13.3. The maximum Gasteiger partial charge on any atom is 0.310 e. The first-order chi connectivity index (χ1) is 11.6. The van der Waals surface area contributed by atoms with E-state index in [0.717, 1.165) is 29.7 Å². The molecule has 2 aromatic rings. The number of nitrogens with zero attached hydrogens (tertiary/aromatic N) is 1. The summed E-state index contributed by atoms with van der Waals surface area (Å²) in [5.41, 5.74) is 2.78. The van der Waals surface area contributed by atoms with Crippen LogP contribution in [0.15, 0.2) is 48.5 Å². The van der Waals surface area contributed by atoms with Crippen molar-refractivity contribution >= 4 is 17.6 Å². The molecular weight excluding hydrogens is 306 g/mol. The topological polar surface area (TPSA) is 66.8 Å². The minimum absolute atomic E-state index is 0.0736. The monoisotopic (exact) mass is 325 g/mol. The Morgan fingerprint density at radius 2 is 1.83 bits per heavy atom. The average Bonchev–Trinajstić information content (AvgIpc) is 2.61. The molecule has 1 aliphatic rings. The van der Waals surface area contributed by atoms with E-state index in [1.54, 1.807) is 17.0 Å². The second-order valence-electron chi connectivity index (χ2n) is 5.78. The number of phenols is 1. The third-order valence-electron chi connectivity index (χ3n) is 4.05. The van der Waals surface area contributed by atoms with E-state index in [9.17, 15) is 14.7 Å². The van der Waals surface area contributed by atoms with Gasteiger partial charge in [-0.2, -0.15) is 0 Å². The molecule has 1 amide bonds. The first-order valence-electron chi connectivity index (χ1n) is 7.95.